The summed E-state index contributed by atoms with van der Waals surface area (Å²) in [5, 5.41) is 14.4. The van der Waals surface area contributed by atoms with Gasteiger partial charge in [-0.15, -0.1) is 0 Å². The van der Waals surface area contributed by atoms with Crippen LogP contribution in [0.4, 0.5) is 4.79 Å². The van der Waals surface area contributed by atoms with Gasteiger partial charge < -0.3 is 15.7 Å². The number of amides is 2. The SMILES string of the molecule is CCCCC(NC(=O)NCC1(C)CCCS1)C(=O)O. The molecule has 0 spiro atoms. The van der Waals surface area contributed by atoms with Crippen molar-refractivity contribution in [1.82, 2.24) is 10.6 Å². The fourth-order valence-electron chi connectivity index (χ4n) is 2.12. The van der Waals surface area contributed by atoms with Gasteiger partial charge in [0.05, 0.1) is 0 Å². The minimum Gasteiger partial charge on any atom is -0.480 e. The van der Waals surface area contributed by atoms with E-state index in [-0.39, 0.29) is 10.8 Å². The molecule has 5 nitrogen and oxygen atoms in total. The number of nitrogens with one attached hydrogen (secondary N) is 2. The molecule has 1 aliphatic heterocycles. The van der Waals surface area contributed by atoms with Gasteiger partial charge in [0.25, 0.3) is 0 Å². The van der Waals surface area contributed by atoms with Crippen LogP contribution in [0.1, 0.15) is 46.0 Å². The molecule has 1 heterocycles. The molecule has 0 radical (unpaired) electrons. The normalized spacial score (nSPS) is 23.9. The Labute approximate surface area is 118 Å². The van der Waals surface area contributed by atoms with E-state index < -0.39 is 12.0 Å². The minimum atomic E-state index is -0.968. The summed E-state index contributed by atoms with van der Waals surface area (Å²) < 4.78 is 0.0967. The highest BCUT2D eigenvalue weighted by Gasteiger charge is 2.30. The lowest BCUT2D eigenvalue weighted by molar-refractivity contribution is -0.139. The van der Waals surface area contributed by atoms with Crippen LogP contribution < -0.4 is 10.6 Å². The number of carboxylic acids is 1. The molecular weight excluding hydrogens is 264 g/mol. The third-order valence-corrected chi connectivity index (χ3v) is 4.91. The zero-order valence-electron chi connectivity index (χ0n) is 11.7. The van der Waals surface area contributed by atoms with Crippen molar-refractivity contribution in [2.45, 2.75) is 56.7 Å². The smallest absolute Gasteiger partial charge is 0.326 e. The first kappa shape index (κ1) is 16.1. The summed E-state index contributed by atoms with van der Waals surface area (Å²) in [4.78, 5) is 22.7. The van der Waals surface area contributed by atoms with Crippen molar-refractivity contribution >= 4 is 23.8 Å². The van der Waals surface area contributed by atoms with Crippen molar-refractivity contribution in [3.63, 3.8) is 0 Å². The monoisotopic (exact) mass is 288 g/mol. The van der Waals surface area contributed by atoms with Crippen LogP contribution >= 0.6 is 11.8 Å². The van der Waals surface area contributed by atoms with Crippen molar-refractivity contribution in [2.24, 2.45) is 0 Å². The highest BCUT2D eigenvalue weighted by atomic mass is 32.2. The van der Waals surface area contributed by atoms with E-state index in [0.717, 1.165) is 25.0 Å². The van der Waals surface area contributed by atoms with Crippen molar-refractivity contribution < 1.29 is 14.7 Å². The molecule has 110 valence electrons. The molecule has 1 saturated heterocycles. The molecule has 0 aromatic carbocycles. The molecule has 1 fully saturated rings. The van der Waals surface area contributed by atoms with Gasteiger partial charge in [-0.2, -0.15) is 11.8 Å². The van der Waals surface area contributed by atoms with Gasteiger partial charge in [0, 0.05) is 11.3 Å². The number of hydrogen-bond donors (Lipinski definition) is 3. The lowest BCUT2D eigenvalue weighted by Gasteiger charge is -2.23. The van der Waals surface area contributed by atoms with E-state index in [0.29, 0.717) is 13.0 Å². The molecule has 3 N–H and O–H groups in total. The van der Waals surface area contributed by atoms with Gasteiger partial charge in [-0.3, -0.25) is 0 Å². The summed E-state index contributed by atoms with van der Waals surface area (Å²) >= 11 is 1.87. The van der Waals surface area contributed by atoms with Gasteiger partial charge in [-0.05, 0) is 31.9 Å². The number of rotatable bonds is 7. The zero-order chi connectivity index (χ0) is 14.3. The highest BCUT2D eigenvalue weighted by Crippen LogP contribution is 2.36. The van der Waals surface area contributed by atoms with Crippen LogP contribution in [-0.4, -0.2) is 40.2 Å². The Morgan fingerprint density at radius 2 is 2.21 bits per heavy atom. The van der Waals surface area contributed by atoms with Crippen LogP contribution in [0.15, 0.2) is 0 Å². The van der Waals surface area contributed by atoms with E-state index in [2.05, 4.69) is 17.6 Å². The van der Waals surface area contributed by atoms with Crippen LogP contribution in [0.5, 0.6) is 0 Å². The van der Waals surface area contributed by atoms with Gasteiger partial charge in [0.15, 0.2) is 0 Å². The van der Waals surface area contributed by atoms with Crippen molar-refractivity contribution in [3.05, 3.63) is 0 Å². The molecule has 0 aromatic heterocycles. The molecule has 0 saturated carbocycles. The van der Waals surface area contributed by atoms with Crippen LogP contribution in [0.2, 0.25) is 0 Å². The maximum atomic E-state index is 11.7. The summed E-state index contributed by atoms with van der Waals surface area (Å²) in [5.41, 5.74) is 0. The molecule has 2 amide bonds. The van der Waals surface area contributed by atoms with Crippen LogP contribution in [0.25, 0.3) is 0 Å². The number of carbonyl (C=O) groups is 2. The summed E-state index contributed by atoms with van der Waals surface area (Å²) in [6.07, 6.45) is 4.47. The zero-order valence-corrected chi connectivity index (χ0v) is 12.5. The maximum Gasteiger partial charge on any atom is 0.326 e. The average Bonchev–Trinajstić information content (AvgIpc) is 2.79. The molecule has 6 heteroatoms. The standard InChI is InChI=1S/C13H24N2O3S/c1-3-4-6-10(11(16)17)15-12(18)14-9-13(2)7-5-8-19-13/h10H,3-9H2,1-2H3,(H,16,17)(H2,14,15,18). The molecule has 1 aliphatic rings. The second kappa shape index (κ2) is 7.62. The number of aliphatic carboxylic acids is 1. The first-order valence-electron chi connectivity index (χ1n) is 6.88. The Kier molecular flexibility index (Phi) is 6.48. The number of thioether (sulfide) groups is 1. The quantitative estimate of drug-likeness (QED) is 0.671. The van der Waals surface area contributed by atoms with E-state index in [9.17, 15) is 9.59 Å². The lowest BCUT2D eigenvalue weighted by atomic mass is 10.1. The fraction of sp³-hybridized carbons (Fsp3) is 0.846. The van der Waals surface area contributed by atoms with E-state index in [1.807, 2.05) is 18.7 Å². The van der Waals surface area contributed by atoms with Gasteiger partial charge in [-0.25, -0.2) is 9.59 Å². The van der Waals surface area contributed by atoms with E-state index in [1.54, 1.807) is 0 Å². The van der Waals surface area contributed by atoms with E-state index in [1.165, 1.54) is 6.42 Å². The van der Waals surface area contributed by atoms with Crippen molar-refractivity contribution in [1.29, 1.82) is 0 Å². The molecule has 1 rings (SSSR count). The predicted molar refractivity (Wildman–Crippen MR) is 77.6 cm³/mol. The molecule has 19 heavy (non-hydrogen) atoms. The first-order chi connectivity index (χ1) is 8.97. The Morgan fingerprint density at radius 3 is 2.74 bits per heavy atom. The average molecular weight is 288 g/mol. The topological polar surface area (TPSA) is 78.4 Å². The summed E-state index contributed by atoms with van der Waals surface area (Å²) in [6.45, 7) is 4.72. The first-order valence-corrected chi connectivity index (χ1v) is 7.86. The second-order valence-electron chi connectivity index (χ2n) is 5.26. The molecule has 2 unspecified atom stereocenters. The van der Waals surface area contributed by atoms with Crippen molar-refractivity contribution in [2.75, 3.05) is 12.3 Å². The van der Waals surface area contributed by atoms with Crippen LogP contribution in [-0.2, 0) is 4.79 Å². The Morgan fingerprint density at radius 1 is 1.47 bits per heavy atom. The minimum absolute atomic E-state index is 0.0967. The van der Waals surface area contributed by atoms with Crippen LogP contribution in [0.3, 0.4) is 0 Å². The Balaban J connectivity index is 2.33. The number of unbranched alkanes of at least 4 members (excludes halogenated alkanes) is 1. The number of carboxylic acid groups (broad SMARTS) is 1. The number of urea groups is 1. The summed E-state index contributed by atoms with van der Waals surface area (Å²) in [6, 6.07) is -1.17. The maximum absolute atomic E-state index is 11.7. The number of hydrogen-bond acceptors (Lipinski definition) is 3. The second-order valence-corrected chi connectivity index (χ2v) is 6.94. The van der Waals surface area contributed by atoms with Gasteiger partial charge in [0.1, 0.15) is 6.04 Å². The Hall–Kier alpha value is -0.910. The van der Waals surface area contributed by atoms with Crippen LogP contribution in [0, 0.1) is 0 Å². The largest absolute Gasteiger partial charge is 0.480 e. The number of carbonyl (C=O) groups excluding carboxylic acids is 1. The molecular formula is C13H24N2O3S. The third-order valence-electron chi connectivity index (χ3n) is 3.37. The van der Waals surface area contributed by atoms with Gasteiger partial charge in [0.2, 0.25) is 0 Å². The van der Waals surface area contributed by atoms with E-state index in [4.69, 9.17) is 5.11 Å². The van der Waals surface area contributed by atoms with Gasteiger partial charge >= 0.3 is 12.0 Å². The lowest BCUT2D eigenvalue weighted by Crippen LogP contribution is -2.48. The summed E-state index contributed by atoms with van der Waals surface area (Å²) in [7, 11) is 0. The predicted octanol–water partition coefficient (Wildman–Crippen LogP) is 2.21. The third kappa shape index (κ3) is 5.72. The molecule has 0 aromatic rings. The van der Waals surface area contributed by atoms with Gasteiger partial charge in [-0.1, -0.05) is 19.8 Å². The Bertz CT molecular complexity index is 317. The molecule has 0 aliphatic carbocycles. The molecule has 0 bridgehead atoms. The molecule has 2 atom stereocenters. The summed E-state index contributed by atoms with van der Waals surface area (Å²) in [5.74, 6) is 0.165. The van der Waals surface area contributed by atoms with E-state index >= 15 is 0 Å². The fourth-order valence-corrected chi connectivity index (χ4v) is 3.36. The van der Waals surface area contributed by atoms with Crippen molar-refractivity contribution in [3.8, 4) is 0 Å². The highest BCUT2D eigenvalue weighted by molar-refractivity contribution is 8.00.